The van der Waals surface area contributed by atoms with Gasteiger partial charge >= 0.3 is 0 Å². The van der Waals surface area contributed by atoms with Crippen LogP contribution < -0.4 is 15.0 Å². The molecule has 0 saturated carbocycles. The van der Waals surface area contributed by atoms with Gasteiger partial charge in [-0.3, -0.25) is 9.59 Å². The quantitative estimate of drug-likeness (QED) is 0.688. The zero-order valence-corrected chi connectivity index (χ0v) is 17.6. The molecule has 0 radical (unpaired) electrons. The van der Waals surface area contributed by atoms with Crippen LogP contribution in [0, 0.1) is 0 Å². The lowest BCUT2D eigenvalue weighted by Gasteiger charge is -2.36. The predicted molar refractivity (Wildman–Crippen MR) is 119 cm³/mol. The second kappa shape index (κ2) is 8.91. The number of anilines is 2. The molecule has 1 aliphatic heterocycles. The highest BCUT2D eigenvalue weighted by molar-refractivity contribution is 5.95. The van der Waals surface area contributed by atoms with Crippen LogP contribution in [0.5, 0.6) is 5.75 Å². The van der Waals surface area contributed by atoms with Crippen molar-refractivity contribution in [3.8, 4) is 11.4 Å². The first-order valence-electron chi connectivity index (χ1n) is 10.2. The Morgan fingerprint density at radius 2 is 1.65 bits per heavy atom. The molecule has 160 valence electrons. The van der Waals surface area contributed by atoms with Crippen molar-refractivity contribution in [3.05, 3.63) is 66.4 Å². The van der Waals surface area contributed by atoms with Gasteiger partial charge in [-0.2, -0.15) is 5.10 Å². The maximum atomic E-state index is 13.1. The smallest absolute Gasteiger partial charge is 0.274 e. The van der Waals surface area contributed by atoms with E-state index >= 15 is 0 Å². The lowest BCUT2D eigenvalue weighted by Crippen LogP contribution is -2.49. The number of ether oxygens (including phenoxy) is 1. The summed E-state index contributed by atoms with van der Waals surface area (Å²) in [4.78, 5) is 28.8. The number of rotatable bonds is 5. The van der Waals surface area contributed by atoms with Gasteiger partial charge in [0, 0.05) is 39.2 Å². The van der Waals surface area contributed by atoms with E-state index in [0.717, 1.165) is 17.1 Å². The number of amides is 2. The average molecular weight is 419 g/mol. The van der Waals surface area contributed by atoms with E-state index < -0.39 is 0 Å². The molecular weight excluding hydrogens is 394 g/mol. The Balaban J connectivity index is 1.51. The van der Waals surface area contributed by atoms with Crippen LogP contribution in [0.1, 0.15) is 17.4 Å². The maximum Gasteiger partial charge on any atom is 0.274 e. The van der Waals surface area contributed by atoms with E-state index in [9.17, 15) is 9.59 Å². The fourth-order valence-corrected chi connectivity index (χ4v) is 3.72. The van der Waals surface area contributed by atoms with Gasteiger partial charge in [-0.15, -0.1) is 0 Å². The van der Waals surface area contributed by atoms with Crippen LogP contribution in [0.25, 0.3) is 5.69 Å². The van der Waals surface area contributed by atoms with E-state index in [-0.39, 0.29) is 11.8 Å². The lowest BCUT2D eigenvalue weighted by molar-refractivity contribution is -0.114. The molecule has 1 fully saturated rings. The molecule has 1 N–H and O–H groups in total. The fraction of sp³-hybridized carbons (Fsp3) is 0.261. The minimum absolute atomic E-state index is 0.152. The van der Waals surface area contributed by atoms with Gasteiger partial charge in [-0.25, -0.2) is 4.68 Å². The average Bonchev–Trinajstić information content (AvgIpc) is 3.22. The Hall–Kier alpha value is -3.81. The largest absolute Gasteiger partial charge is 0.495 e. The van der Waals surface area contributed by atoms with Gasteiger partial charge in [0.25, 0.3) is 5.91 Å². The number of carbonyl (C=O) groups is 2. The van der Waals surface area contributed by atoms with Gasteiger partial charge in [0.2, 0.25) is 5.91 Å². The molecule has 0 atom stereocenters. The molecule has 1 aliphatic rings. The van der Waals surface area contributed by atoms with Crippen molar-refractivity contribution in [1.29, 1.82) is 0 Å². The molecule has 1 aromatic heterocycles. The number of para-hydroxylation sites is 3. The summed E-state index contributed by atoms with van der Waals surface area (Å²) in [5.74, 6) is 0.918. The predicted octanol–water partition coefficient (Wildman–Crippen LogP) is 2.80. The lowest BCUT2D eigenvalue weighted by atomic mass is 10.2. The van der Waals surface area contributed by atoms with Crippen LogP contribution in [-0.2, 0) is 4.79 Å². The minimum atomic E-state index is -0.221. The molecule has 8 heteroatoms. The second-order valence-electron chi connectivity index (χ2n) is 7.29. The van der Waals surface area contributed by atoms with Crippen molar-refractivity contribution in [3.63, 3.8) is 0 Å². The van der Waals surface area contributed by atoms with Gasteiger partial charge in [0.1, 0.15) is 11.6 Å². The van der Waals surface area contributed by atoms with E-state index in [2.05, 4.69) is 15.3 Å². The van der Waals surface area contributed by atoms with Crippen LogP contribution in [0.4, 0.5) is 11.5 Å². The maximum absolute atomic E-state index is 13.1. The first-order valence-corrected chi connectivity index (χ1v) is 10.2. The normalized spacial score (nSPS) is 13.7. The summed E-state index contributed by atoms with van der Waals surface area (Å²) in [5, 5.41) is 7.25. The Labute approximate surface area is 181 Å². The summed E-state index contributed by atoms with van der Waals surface area (Å²) < 4.78 is 7.05. The number of piperazine rings is 1. The summed E-state index contributed by atoms with van der Waals surface area (Å²) >= 11 is 0. The van der Waals surface area contributed by atoms with Gasteiger partial charge in [-0.1, -0.05) is 30.3 Å². The summed E-state index contributed by atoms with van der Waals surface area (Å²) in [6.45, 7) is 3.98. The topological polar surface area (TPSA) is 79.7 Å². The molecule has 0 unspecified atom stereocenters. The highest BCUT2D eigenvalue weighted by Gasteiger charge is 2.26. The third-order valence-corrected chi connectivity index (χ3v) is 5.23. The number of hydrogen-bond donors (Lipinski definition) is 1. The molecular formula is C23H25N5O3. The Bertz CT molecular complexity index is 1070. The van der Waals surface area contributed by atoms with E-state index in [1.165, 1.54) is 6.92 Å². The highest BCUT2D eigenvalue weighted by Crippen LogP contribution is 2.28. The first kappa shape index (κ1) is 20.5. The van der Waals surface area contributed by atoms with E-state index in [1.54, 1.807) is 22.8 Å². The molecule has 31 heavy (non-hydrogen) atoms. The van der Waals surface area contributed by atoms with E-state index in [1.807, 2.05) is 54.6 Å². The van der Waals surface area contributed by atoms with Crippen molar-refractivity contribution in [1.82, 2.24) is 14.7 Å². The number of nitrogens with zero attached hydrogens (tertiary/aromatic N) is 4. The number of carbonyl (C=O) groups excluding carboxylic acids is 2. The fourth-order valence-electron chi connectivity index (χ4n) is 3.72. The Morgan fingerprint density at radius 1 is 0.968 bits per heavy atom. The zero-order valence-electron chi connectivity index (χ0n) is 17.6. The van der Waals surface area contributed by atoms with Crippen molar-refractivity contribution < 1.29 is 14.3 Å². The SMILES string of the molecule is COc1ccccc1N1CCN(C(=O)c2cc(NC(C)=O)n(-c3ccccc3)n2)CC1. The number of benzene rings is 2. The number of nitrogens with one attached hydrogen (secondary N) is 1. The molecule has 0 spiro atoms. The molecule has 8 nitrogen and oxygen atoms in total. The van der Waals surface area contributed by atoms with Gasteiger partial charge in [0.05, 0.1) is 18.5 Å². The van der Waals surface area contributed by atoms with Crippen molar-refractivity contribution in [2.24, 2.45) is 0 Å². The summed E-state index contributed by atoms with van der Waals surface area (Å²) in [6, 6.07) is 18.9. The Morgan fingerprint density at radius 3 is 2.32 bits per heavy atom. The van der Waals surface area contributed by atoms with Crippen molar-refractivity contribution in [2.75, 3.05) is 43.5 Å². The molecule has 2 amide bonds. The van der Waals surface area contributed by atoms with E-state index in [0.29, 0.717) is 37.7 Å². The first-order chi connectivity index (χ1) is 15.1. The van der Waals surface area contributed by atoms with Crippen molar-refractivity contribution >= 4 is 23.3 Å². The molecule has 4 rings (SSSR count). The van der Waals surface area contributed by atoms with Crippen LogP contribution in [0.3, 0.4) is 0 Å². The monoisotopic (exact) mass is 419 g/mol. The number of aromatic nitrogens is 2. The molecule has 0 aliphatic carbocycles. The van der Waals surface area contributed by atoms with Crippen LogP contribution in [-0.4, -0.2) is 59.8 Å². The summed E-state index contributed by atoms with van der Waals surface area (Å²) in [6.07, 6.45) is 0. The number of methoxy groups -OCH3 is 1. The minimum Gasteiger partial charge on any atom is -0.495 e. The summed E-state index contributed by atoms with van der Waals surface area (Å²) in [7, 11) is 1.66. The van der Waals surface area contributed by atoms with Gasteiger partial charge < -0.3 is 19.9 Å². The third-order valence-electron chi connectivity index (χ3n) is 5.23. The molecule has 2 aromatic carbocycles. The van der Waals surface area contributed by atoms with Crippen LogP contribution in [0.2, 0.25) is 0 Å². The van der Waals surface area contributed by atoms with Crippen LogP contribution >= 0.6 is 0 Å². The highest BCUT2D eigenvalue weighted by atomic mass is 16.5. The van der Waals surface area contributed by atoms with Crippen molar-refractivity contribution in [2.45, 2.75) is 6.92 Å². The molecule has 0 bridgehead atoms. The zero-order chi connectivity index (χ0) is 21.8. The van der Waals surface area contributed by atoms with Gasteiger partial charge in [0.15, 0.2) is 5.69 Å². The second-order valence-corrected chi connectivity index (χ2v) is 7.29. The van der Waals surface area contributed by atoms with Gasteiger partial charge in [-0.05, 0) is 24.3 Å². The van der Waals surface area contributed by atoms with Crippen LogP contribution in [0.15, 0.2) is 60.7 Å². The number of hydrogen-bond acceptors (Lipinski definition) is 5. The third kappa shape index (κ3) is 4.37. The molecule has 3 aromatic rings. The van der Waals surface area contributed by atoms with E-state index in [4.69, 9.17) is 4.74 Å². The molecule has 1 saturated heterocycles. The summed E-state index contributed by atoms with van der Waals surface area (Å²) in [5.41, 5.74) is 2.10. The molecule has 2 heterocycles. The Kier molecular flexibility index (Phi) is 5.88. The standard InChI is InChI=1S/C23H25N5O3/c1-17(29)24-22-16-19(25-28(22)18-8-4-3-5-9-18)23(30)27-14-12-26(13-15-27)20-10-6-7-11-21(20)31-2/h3-11,16H,12-15H2,1-2H3,(H,24,29).